The first-order chi connectivity index (χ1) is 8.99. The van der Waals surface area contributed by atoms with Crippen LogP contribution in [-0.2, 0) is 0 Å². The van der Waals surface area contributed by atoms with Crippen molar-refractivity contribution < 1.29 is 4.79 Å². The van der Waals surface area contributed by atoms with Gasteiger partial charge in [0.1, 0.15) is 0 Å². The van der Waals surface area contributed by atoms with Gasteiger partial charge < -0.3 is 5.32 Å². The van der Waals surface area contributed by atoms with Gasteiger partial charge in [-0.2, -0.15) is 0 Å². The van der Waals surface area contributed by atoms with Gasteiger partial charge in [0.2, 0.25) is 0 Å². The molecule has 0 bridgehead atoms. The number of aryl methyl sites for hydroxylation is 1. The summed E-state index contributed by atoms with van der Waals surface area (Å²) < 4.78 is 0.988. The van der Waals surface area contributed by atoms with Gasteiger partial charge in [-0.15, -0.1) is 0 Å². The lowest BCUT2D eigenvalue weighted by molar-refractivity contribution is 0.102. The number of anilines is 1. The number of benzene rings is 2. The highest BCUT2D eigenvalue weighted by atomic mass is 79.9. The van der Waals surface area contributed by atoms with Crippen LogP contribution < -0.4 is 5.32 Å². The molecule has 0 aliphatic carbocycles. The summed E-state index contributed by atoms with van der Waals surface area (Å²) in [6, 6.07) is 11.0. The average Bonchev–Trinajstić information content (AvgIpc) is 2.36. The number of hydrogen-bond acceptors (Lipinski definition) is 1. The molecule has 0 heterocycles. The summed E-state index contributed by atoms with van der Waals surface area (Å²) in [7, 11) is 0. The molecule has 0 radical (unpaired) electrons. The third-order valence-corrected chi connectivity index (χ3v) is 3.85. The fraction of sp³-hybridized carbons (Fsp3) is 0.133. The molecular formula is C15H13BrClNO. The lowest BCUT2D eigenvalue weighted by atomic mass is 10.1. The van der Waals surface area contributed by atoms with Crippen molar-refractivity contribution >= 4 is 39.1 Å². The van der Waals surface area contributed by atoms with Crippen LogP contribution in [0.25, 0.3) is 0 Å². The summed E-state index contributed by atoms with van der Waals surface area (Å²) in [4.78, 5) is 12.2. The number of hydrogen-bond donors (Lipinski definition) is 1. The molecule has 0 saturated heterocycles. The van der Waals surface area contributed by atoms with Gasteiger partial charge in [-0.1, -0.05) is 33.6 Å². The molecule has 4 heteroatoms. The van der Waals surface area contributed by atoms with Crippen molar-refractivity contribution in [2.75, 3.05) is 5.32 Å². The zero-order valence-electron chi connectivity index (χ0n) is 10.6. The molecule has 2 nitrogen and oxygen atoms in total. The van der Waals surface area contributed by atoms with Crippen LogP contribution >= 0.6 is 27.5 Å². The van der Waals surface area contributed by atoms with Crippen LogP contribution in [0.3, 0.4) is 0 Å². The Balaban J connectivity index is 2.28. The molecule has 1 amide bonds. The summed E-state index contributed by atoms with van der Waals surface area (Å²) in [5.41, 5.74) is 3.18. The smallest absolute Gasteiger partial charge is 0.255 e. The molecule has 2 aromatic rings. The second kappa shape index (κ2) is 5.76. The fourth-order valence-electron chi connectivity index (χ4n) is 1.81. The van der Waals surface area contributed by atoms with E-state index in [1.165, 1.54) is 0 Å². The van der Waals surface area contributed by atoms with E-state index in [-0.39, 0.29) is 5.91 Å². The highest BCUT2D eigenvalue weighted by Crippen LogP contribution is 2.23. The zero-order chi connectivity index (χ0) is 14.0. The maximum atomic E-state index is 12.2. The summed E-state index contributed by atoms with van der Waals surface area (Å²) in [6.45, 7) is 3.79. The predicted octanol–water partition coefficient (Wildman–Crippen LogP) is 4.97. The Morgan fingerprint density at radius 3 is 2.63 bits per heavy atom. The minimum Gasteiger partial charge on any atom is -0.322 e. The van der Waals surface area contributed by atoms with Crippen molar-refractivity contribution in [1.82, 2.24) is 0 Å². The van der Waals surface area contributed by atoms with Gasteiger partial charge in [0.15, 0.2) is 0 Å². The number of carbonyl (C=O) groups is 1. The van der Waals surface area contributed by atoms with Crippen molar-refractivity contribution in [3.05, 3.63) is 62.6 Å². The molecule has 0 aliphatic heterocycles. The van der Waals surface area contributed by atoms with E-state index in [0.717, 1.165) is 21.3 Å². The standard InChI is InChI=1S/C15H13BrClNO/c1-9-8-11(16)6-7-14(9)18-15(19)12-4-3-5-13(17)10(12)2/h3-8H,1-2H3,(H,18,19). The fourth-order valence-corrected chi connectivity index (χ4v) is 2.46. The Bertz CT molecular complexity index is 640. The van der Waals surface area contributed by atoms with E-state index in [1.54, 1.807) is 18.2 Å². The van der Waals surface area contributed by atoms with Gasteiger partial charge in [0, 0.05) is 20.7 Å². The molecule has 0 aromatic heterocycles. The number of rotatable bonds is 2. The van der Waals surface area contributed by atoms with E-state index in [2.05, 4.69) is 21.2 Å². The van der Waals surface area contributed by atoms with Gasteiger partial charge >= 0.3 is 0 Å². The van der Waals surface area contributed by atoms with Crippen molar-refractivity contribution in [2.24, 2.45) is 0 Å². The van der Waals surface area contributed by atoms with Crippen LogP contribution in [0, 0.1) is 13.8 Å². The van der Waals surface area contributed by atoms with Gasteiger partial charge in [-0.05, 0) is 55.3 Å². The summed E-state index contributed by atoms with van der Waals surface area (Å²) >= 11 is 9.43. The van der Waals surface area contributed by atoms with Crippen LogP contribution in [0.5, 0.6) is 0 Å². The predicted molar refractivity (Wildman–Crippen MR) is 83.0 cm³/mol. The average molecular weight is 339 g/mol. The maximum Gasteiger partial charge on any atom is 0.255 e. The van der Waals surface area contributed by atoms with Crippen molar-refractivity contribution in [3.63, 3.8) is 0 Å². The van der Waals surface area contributed by atoms with E-state index < -0.39 is 0 Å². The van der Waals surface area contributed by atoms with E-state index in [4.69, 9.17) is 11.6 Å². The Morgan fingerprint density at radius 2 is 1.95 bits per heavy atom. The lowest BCUT2D eigenvalue weighted by Gasteiger charge is -2.11. The zero-order valence-corrected chi connectivity index (χ0v) is 13.0. The quantitative estimate of drug-likeness (QED) is 0.823. The molecule has 2 aromatic carbocycles. The Morgan fingerprint density at radius 1 is 1.21 bits per heavy atom. The van der Waals surface area contributed by atoms with Gasteiger partial charge in [0.05, 0.1) is 0 Å². The van der Waals surface area contributed by atoms with Gasteiger partial charge in [-0.25, -0.2) is 0 Å². The van der Waals surface area contributed by atoms with Crippen LogP contribution in [0.4, 0.5) is 5.69 Å². The number of halogens is 2. The van der Waals surface area contributed by atoms with E-state index in [9.17, 15) is 4.79 Å². The maximum absolute atomic E-state index is 12.2. The molecule has 98 valence electrons. The molecule has 0 saturated carbocycles. The first-order valence-electron chi connectivity index (χ1n) is 5.81. The lowest BCUT2D eigenvalue weighted by Crippen LogP contribution is -2.14. The Kier molecular flexibility index (Phi) is 4.27. The molecule has 1 N–H and O–H groups in total. The number of carbonyl (C=O) groups excluding carboxylic acids is 1. The summed E-state index contributed by atoms with van der Waals surface area (Å²) in [5, 5.41) is 3.50. The van der Waals surface area contributed by atoms with Gasteiger partial charge in [-0.3, -0.25) is 4.79 Å². The van der Waals surface area contributed by atoms with E-state index in [1.807, 2.05) is 32.0 Å². The normalized spacial score (nSPS) is 10.3. The molecule has 19 heavy (non-hydrogen) atoms. The first kappa shape index (κ1) is 14.1. The van der Waals surface area contributed by atoms with Crippen molar-refractivity contribution in [3.8, 4) is 0 Å². The largest absolute Gasteiger partial charge is 0.322 e. The molecule has 0 atom stereocenters. The SMILES string of the molecule is Cc1cc(Br)ccc1NC(=O)c1cccc(Cl)c1C. The minimum atomic E-state index is -0.148. The third kappa shape index (κ3) is 3.17. The Labute approximate surface area is 125 Å². The van der Waals surface area contributed by atoms with Crippen molar-refractivity contribution in [1.29, 1.82) is 0 Å². The second-order valence-electron chi connectivity index (χ2n) is 4.33. The number of amides is 1. The molecule has 2 rings (SSSR count). The van der Waals surface area contributed by atoms with Crippen LogP contribution in [0.15, 0.2) is 40.9 Å². The molecule has 0 unspecified atom stereocenters. The van der Waals surface area contributed by atoms with E-state index >= 15 is 0 Å². The van der Waals surface area contributed by atoms with Crippen LogP contribution in [0.1, 0.15) is 21.5 Å². The highest BCUT2D eigenvalue weighted by Gasteiger charge is 2.12. The summed E-state index contributed by atoms with van der Waals surface area (Å²) in [5.74, 6) is -0.148. The minimum absolute atomic E-state index is 0.148. The molecule has 0 spiro atoms. The molecule has 0 fully saturated rings. The third-order valence-electron chi connectivity index (χ3n) is 2.95. The first-order valence-corrected chi connectivity index (χ1v) is 6.99. The number of nitrogens with one attached hydrogen (secondary N) is 1. The summed E-state index contributed by atoms with van der Waals surface area (Å²) in [6.07, 6.45) is 0. The molecular weight excluding hydrogens is 326 g/mol. The van der Waals surface area contributed by atoms with Crippen molar-refractivity contribution in [2.45, 2.75) is 13.8 Å². The van der Waals surface area contributed by atoms with E-state index in [0.29, 0.717) is 10.6 Å². The monoisotopic (exact) mass is 337 g/mol. The second-order valence-corrected chi connectivity index (χ2v) is 5.65. The van der Waals surface area contributed by atoms with Gasteiger partial charge in [0.25, 0.3) is 5.91 Å². The highest BCUT2D eigenvalue weighted by molar-refractivity contribution is 9.10. The Hall–Kier alpha value is -1.32. The van der Waals surface area contributed by atoms with Crippen LogP contribution in [0.2, 0.25) is 5.02 Å². The topological polar surface area (TPSA) is 29.1 Å². The van der Waals surface area contributed by atoms with Crippen LogP contribution in [-0.4, -0.2) is 5.91 Å². The molecule has 0 aliphatic rings.